The van der Waals surface area contributed by atoms with Crippen molar-refractivity contribution in [1.29, 1.82) is 0 Å². The van der Waals surface area contributed by atoms with Gasteiger partial charge in [-0.05, 0) is 25.3 Å². The standard InChI is InChI=1S/C12H14FN3O3/c13-10-3-2-8(16(18)19)6-9(10)11(17)15-7-12(14)4-1-5-12/h2-3,6H,1,4-5,7,14H2,(H,15,17). The number of nitrogens with zero attached hydrogens (tertiary/aromatic N) is 1. The van der Waals surface area contributed by atoms with E-state index in [9.17, 15) is 19.3 Å². The molecule has 1 aliphatic carbocycles. The number of carbonyl (C=O) groups is 1. The number of amides is 1. The Bertz CT molecular complexity index is 529. The second-order valence-corrected chi connectivity index (χ2v) is 4.82. The number of nitro benzene ring substituents is 1. The van der Waals surface area contributed by atoms with Crippen molar-refractivity contribution in [2.24, 2.45) is 5.73 Å². The van der Waals surface area contributed by atoms with E-state index in [-0.39, 0.29) is 17.8 Å². The quantitative estimate of drug-likeness (QED) is 0.635. The van der Waals surface area contributed by atoms with Crippen molar-refractivity contribution in [3.8, 4) is 0 Å². The van der Waals surface area contributed by atoms with E-state index in [0.29, 0.717) is 0 Å². The van der Waals surface area contributed by atoms with Crippen LogP contribution >= 0.6 is 0 Å². The highest BCUT2D eigenvalue weighted by Gasteiger charge is 2.33. The largest absolute Gasteiger partial charge is 0.350 e. The van der Waals surface area contributed by atoms with E-state index in [1.807, 2.05) is 0 Å². The van der Waals surface area contributed by atoms with Crippen molar-refractivity contribution in [3.63, 3.8) is 0 Å². The van der Waals surface area contributed by atoms with Gasteiger partial charge in [0.25, 0.3) is 11.6 Å². The Hall–Kier alpha value is -2.02. The molecule has 0 heterocycles. The average molecular weight is 267 g/mol. The molecule has 1 saturated carbocycles. The van der Waals surface area contributed by atoms with Crippen LogP contribution in [0.15, 0.2) is 18.2 Å². The fourth-order valence-corrected chi connectivity index (χ4v) is 1.96. The van der Waals surface area contributed by atoms with E-state index >= 15 is 0 Å². The highest BCUT2D eigenvalue weighted by molar-refractivity contribution is 5.95. The summed E-state index contributed by atoms with van der Waals surface area (Å²) in [6.45, 7) is 0.244. The number of nitrogens with two attached hydrogens (primary N) is 1. The molecule has 1 aromatic carbocycles. The molecule has 19 heavy (non-hydrogen) atoms. The molecule has 0 bridgehead atoms. The van der Waals surface area contributed by atoms with Gasteiger partial charge in [-0.3, -0.25) is 14.9 Å². The van der Waals surface area contributed by atoms with Gasteiger partial charge in [0.15, 0.2) is 0 Å². The van der Waals surface area contributed by atoms with Crippen LogP contribution in [0.2, 0.25) is 0 Å². The molecule has 0 spiro atoms. The molecule has 0 radical (unpaired) electrons. The lowest BCUT2D eigenvalue weighted by molar-refractivity contribution is -0.384. The Labute approximate surface area is 108 Å². The Morgan fingerprint density at radius 1 is 1.53 bits per heavy atom. The van der Waals surface area contributed by atoms with Gasteiger partial charge in [0.05, 0.1) is 10.5 Å². The van der Waals surface area contributed by atoms with Gasteiger partial charge in [0.1, 0.15) is 5.82 Å². The van der Waals surface area contributed by atoms with Gasteiger partial charge in [0.2, 0.25) is 0 Å². The summed E-state index contributed by atoms with van der Waals surface area (Å²) in [5.41, 5.74) is 4.85. The van der Waals surface area contributed by atoms with E-state index in [4.69, 9.17) is 5.73 Å². The minimum atomic E-state index is -0.789. The zero-order chi connectivity index (χ0) is 14.0. The normalized spacial score (nSPS) is 16.5. The first-order valence-corrected chi connectivity index (χ1v) is 5.92. The molecule has 0 aliphatic heterocycles. The number of halogens is 1. The third-order valence-electron chi connectivity index (χ3n) is 3.36. The molecular formula is C12H14FN3O3. The molecule has 7 heteroatoms. The summed E-state index contributed by atoms with van der Waals surface area (Å²) >= 11 is 0. The van der Waals surface area contributed by atoms with Gasteiger partial charge in [-0.15, -0.1) is 0 Å². The Morgan fingerprint density at radius 2 is 2.21 bits per heavy atom. The van der Waals surface area contributed by atoms with Crippen LogP contribution in [0.4, 0.5) is 10.1 Å². The van der Waals surface area contributed by atoms with E-state index in [0.717, 1.165) is 37.5 Å². The van der Waals surface area contributed by atoms with Crippen LogP contribution in [-0.4, -0.2) is 22.9 Å². The van der Waals surface area contributed by atoms with Crippen LogP contribution in [0.3, 0.4) is 0 Å². The van der Waals surface area contributed by atoms with E-state index in [1.165, 1.54) is 0 Å². The van der Waals surface area contributed by atoms with Gasteiger partial charge >= 0.3 is 0 Å². The van der Waals surface area contributed by atoms with Crippen LogP contribution in [0, 0.1) is 15.9 Å². The molecule has 0 unspecified atom stereocenters. The number of nitrogens with one attached hydrogen (secondary N) is 1. The Kier molecular flexibility index (Phi) is 3.48. The molecule has 0 atom stereocenters. The van der Waals surface area contributed by atoms with Crippen molar-refractivity contribution in [1.82, 2.24) is 5.32 Å². The fraction of sp³-hybridized carbons (Fsp3) is 0.417. The lowest BCUT2D eigenvalue weighted by Crippen LogP contribution is -2.55. The van der Waals surface area contributed by atoms with Crippen molar-refractivity contribution in [2.45, 2.75) is 24.8 Å². The highest BCUT2D eigenvalue weighted by Crippen LogP contribution is 2.28. The predicted molar refractivity (Wildman–Crippen MR) is 66.2 cm³/mol. The second kappa shape index (κ2) is 4.93. The molecule has 1 fully saturated rings. The summed E-state index contributed by atoms with van der Waals surface area (Å²) in [5.74, 6) is -1.47. The van der Waals surface area contributed by atoms with Crippen LogP contribution < -0.4 is 11.1 Å². The molecule has 102 valence electrons. The monoisotopic (exact) mass is 267 g/mol. The highest BCUT2D eigenvalue weighted by atomic mass is 19.1. The summed E-state index contributed by atoms with van der Waals surface area (Å²) in [6.07, 6.45) is 2.63. The first kappa shape index (κ1) is 13.4. The molecule has 3 N–H and O–H groups in total. The maximum atomic E-state index is 13.5. The number of benzene rings is 1. The third kappa shape index (κ3) is 2.87. The SMILES string of the molecule is NC1(CNC(=O)c2cc([N+](=O)[O-])ccc2F)CCC1. The third-order valence-corrected chi connectivity index (χ3v) is 3.36. The van der Waals surface area contributed by atoms with Crippen LogP contribution in [0.25, 0.3) is 0 Å². The van der Waals surface area contributed by atoms with E-state index in [1.54, 1.807) is 0 Å². The molecule has 0 saturated heterocycles. The zero-order valence-electron chi connectivity index (χ0n) is 10.2. The predicted octanol–water partition coefficient (Wildman–Crippen LogP) is 1.35. The van der Waals surface area contributed by atoms with Gasteiger partial charge in [0, 0.05) is 24.2 Å². The van der Waals surface area contributed by atoms with Gasteiger partial charge in [-0.25, -0.2) is 4.39 Å². The molecular weight excluding hydrogens is 253 g/mol. The topological polar surface area (TPSA) is 98.3 Å². The van der Waals surface area contributed by atoms with Crippen molar-refractivity contribution in [3.05, 3.63) is 39.7 Å². The van der Waals surface area contributed by atoms with Gasteiger partial charge < -0.3 is 11.1 Å². The zero-order valence-corrected chi connectivity index (χ0v) is 10.2. The second-order valence-electron chi connectivity index (χ2n) is 4.82. The molecule has 0 aromatic heterocycles. The first-order valence-electron chi connectivity index (χ1n) is 5.92. The maximum Gasteiger partial charge on any atom is 0.270 e. The number of hydrogen-bond acceptors (Lipinski definition) is 4. The summed E-state index contributed by atoms with van der Waals surface area (Å²) in [6, 6.07) is 2.85. The number of nitro groups is 1. The van der Waals surface area contributed by atoms with Gasteiger partial charge in [-0.2, -0.15) is 0 Å². The number of non-ortho nitro benzene ring substituents is 1. The van der Waals surface area contributed by atoms with Crippen LogP contribution in [0.1, 0.15) is 29.6 Å². The van der Waals surface area contributed by atoms with Gasteiger partial charge in [-0.1, -0.05) is 0 Å². The summed E-state index contributed by atoms with van der Waals surface area (Å²) in [4.78, 5) is 21.7. The molecule has 6 nitrogen and oxygen atoms in total. The Balaban J connectivity index is 2.09. The van der Waals surface area contributed by atoms with Crippen molar-refractivity contribution >= 4 is 11.6 Å². The smallest absolute Gasteiger partial charge is 0.270 e. The van der Waals surface area contributed by atoms with E-state index < -0.39 is 22.2 Å². The summed E-state index contributed by atoms with van der Waals surface area (Å²) < 4.78 is 13.5. The minimum absolute atomic E-state index is 0.244. The van der Waals surface area contributed by atoms with Crippen LogP contribution in [-0.2, 0) is 0 Å². The molecule has 1 amide bonds. The Morgan fingerprint density at radius 3 is 2.74 bits per heavy atom. The summed E-state index contributed by atoms with van der Waals surface area (Å²) in [7, 11) is 0. The van der Waals surface area contributed by atoms with E-state index in [2.05, 4.69) is 5.32 Å². The first-order chi connectivity index (χ1) is 8.91. The minimum Gasteiger partial charge on any atom is -0.350 e. The molecule has 2 rings (SSSR count). The van der Waals surface area contributed by atoms with Crippen molar-refractivity contribution < 1.29 is 14.1 Å². The number of carbonyl (C=O) groups excluding carboxylic acids is 1. The summed E-state index contributed by atoms with van der Waals surface area (Å²) in [5, 5.41) is 13.1. The average Bonchev–Trinajstić information content (AvgIpc) is 2.34. The number of rotatable bonds is 4. The molecule has 1 aliphatic rings. The number of hydrogen-bond donors (Lipinski definition) is 2. The van der Waals surface area contributed by atoms with Crippen molar-refractivity contribution in [2.75, 3.05) is 6.54 Å². The lowest BCUT2D eigenvalue weighted by atomic mass is 9.78. The molecule has 1 aromatic rings. The lowest BCUT2D eigenvalue weighted by Gasteiger charge is -2.38. The maximum absolute atomic E-state index is 13.5. The van der Waals surface area contributed by atoms with Crippen LogP contribution in [0.5, 0.6) is 0 Å². The fourth-order valence-electron chi connectivity index (χ4n) is 1.96.